The van der Waals surface area contributed by atoms with Crippen molar-refractivity contribution in [3.63, 3.8) is 0 Å². The summed E-state index contributed by atoms with van der Waals surface area (Å²) < 4.78 is 13.2. The van der Waals surface area contributed by atoms with Crippen molar-refractivity contribution in [2.24, 2.45) is 0 Å². The summed E-state index contributed by atoms with van der Waals surface area (Å²) >= 11 is 1.68. The van der Waals surface area contributed by atoms with Crippen LogP contribution in [0.25, 0.3) is 0 Å². The molecule has 1 N–H and O–H groups in total. The van der Waals surface area contributed by atoms with Gasteiger partial charge in [0.1, 0.15) is 5.75 Å². The number of hydrogen-bond acceptors (Lipinski definition) is 6. The number of methoxy groups -OCH3 is 1. The Labute approximate surface area is 217 Å². The van der Waals surface area contributed by atoms with E-state index in [0.717, 1.165) is 73.2 Å². The van der Waals surface area contributed by atoms with Crippen molar-refractivity contribution in [2.75, 3.05) is 19.5 Å². The van der Waals surface area contributed by atoms with Gasteiger partial charge in [0.25, 0.3) is 0 Å². The average Bonchev–Trinajstić information content (AvgIpc) is 3.69. The van der Waals surface area contributed by atoms with Crippen LogP contribution < -0.4 is 10.1 Å². The van der Waals surface area contributed by atoms with Gasteiger partial charge in [-0.3, -0.25) is 4.79 Å². The molecule has 0 spiro atoms. The van der Waals surface area contributed by atoms with Crippen molar-refractivity contribution < 1.29 is 14.3 Å². The molecule has 36 heavy (non-hydrogen) atoms. The smallest absolute Gasteiger partial charge is 0.231 e. The topological polar surface area (TPSA) is 78.3 Å². The van der Waals surface area contributed by atoms with Crippen molar-refractivity contribution in [3.05, 3.63) is 71.5 Å². The highest BCUT2D eigenvalue weighted by Gasteiger charge is 2.42. The van der Waals surface area contributed by atoms with Gasteiger partial charge >= 0.3 is 0 Å². The molecule has 1 atom stereocenters. The largest absolute Gasteiger partial charge is 0.497 e. The molecular weight excluding hydrogens is 472 g/mol. The van der Waals surface area contributed by atoms with Gasteiger partial charge in [-0.15, -0.1) is 10.2 Å². The fourth-order valence-electron chi connectivity index (χ4n) is 5.29. The number of carbonyl (C=O) groups is 1. The lowest BCUT2D eigenvalue weighted by Gasteiger charge is -2.28. The highest BCUT2D eigenvalue weighted by Crippen LogP contribution is 2.42. The van der Waals surface area contributed by atoms with E-state index in [0.29, 0.717) is 13.1 Å². The summed E-state index contributed by atoms with van der Waals surface area (Å²) in [6.45, 7) is 1.85. The van der Waals surface area contributed by atoms with Gasteiger partial charge in [0.05, 0.1) is 31.7 Å². The van der Waals surface area contributed by atoms with Crippen LogP contribution in [-0.2, 0) is 28.0 Å². The second-order valence-electron chi connectivity index (χ2n) is 9.62. The Balaban J connectivity index is 1.33. The molecule has 1 saturated heterocycles. The van der Waals surface area contributed by atoms with Crippen LogP contribution in [0.5, 0.6) is 5.75 Å². The zero-order valence-electron chi connectivity index (χ0n) is 20.8. The van der Waals surface area contributed by atoms with E-state index >= 15 is 0 Å². The molecule has 2 aromatic carbocycles. The summed E-state index contributed by atoms with van der Waals surface area (Å²) in [5.41, 5.74) is 1.72. The standard InChI is InChI=1S/C28H34N4O3S/c1-34-23-13-11-22(12-14-23)28(15-5-6-16-28)26(33)29-18-25-30-31-27(36-20-24-10-7-17-35-24)32(25)19-21-8-3-2-4-9-21/h2-4,8-9,11-14,24H,5-7,10,15-20H2,1H3,(H,29,33)/t24-/m0/s1. The fourth-order valence-corrected chi connectivity index (χ4v) is 6.31. The summed E-state index contributed by atoms with van der Waals surface area (Å²) in [6, 6.07) is 18.3. The molecule has 7 nitrogen and oxygen atoms in total. The van der Waals surface area contributed by atoms with Crippen LogP contribution in [0.1, 0.15) is 55.5 Å². The number of nitrogens with zero attached hydrogens (tertiary/aromatic N) is 3. The first-order valence-corrected chi connectivity index (χ1v) is 13.8. The molecule has 2 aliphatic rings. The first-order valence-electron chi connectivity index (χ1n) is 12.8. The maximum Gasteiger partial charge on any atom is 0.231 e. The third-order valence-electron chi connectivity index (χ3n) is 7.34. The predicted molar refractivity (Wildman–Crippen MR) is 140 cm³/mol. The lowest BCUT2D eigenvalue weighted by molar-refractivity contribution is -0.126. The first kappa shape index (κ1) is 24.8. The molecule has 0 unspecified atom stereocenters. The van der Waals surface area contributed by atoms with E-state index in [1.54, 1.807) is 18.9 Å². The number of amides is 1. The Hall–Kier alpha value is -2.84. The Morgan fingerprint density at radius 2 is 1.89 bits per heavy atom. The van der Waals surface area contributed by atoms with Crippen molar-refractivity contribution in [3.8, 4) is 5.75 Å². The third-order valence-corrected chi connectivity index (χ3v) is 8.44. The molecule has 0 radical (unpaired) electrons. The van der Waals surface area contributed by atoms with Crippen LogP contribution >= 0.6 is 11.8 Å². The number of hydrogen-bond donors (Lipinski definition) is 1. The maximum atomic E-state index is 13.7. The third kappa shape index (κ3) is 5.44. The minimum Gasteiger partial charge on any atom is -0.497 e. The van der Waals surface area contributed by atoms with Crippen molar-refractivity contribution in [1.29, 1.82) is 0 Å². The number of thioether (sulfide) groups is 1. The predicted octanol–water partition coefficient (Wildman–Crippen LogP) is 4.73. The lowest BCUT2D eigenvalue weighted by atomic mass is 9.78. The molecule has 8 heteroatoms. The minimum absolute atomic E-state index is 0.0630. The highest BCUT2D eigenvalue weighted by atomic mass is 32.2. The van der Waals surface area contributed by atoms with Crippen LogP contribution in [-0.4, -0.2) is 46.2 Å². The summed E-state index contributed by atoms with van der Waals surface area (Å²) in [4.78, 5) is 13.7. The van der Waals surface area contributed by atoms with Gasteiger partial charge in [0.15, 0.2) is 11.0 Å². The Kier molecular flexibility index (Phi) is 7.92. The number of rotatable bonds is 10. The summed E-state index contributed by atoms with van der Waals surface area (Å²) in [5.74, 6) is 2.49. The maximum absolute atomic E-state index is 13.7. The molecule has 1 amide bonds. The summed E-state index contributed by atoms with van der Waals surface area (Å²) in [6.07, 6.45) is 6.29. The number of aromatic nitrogens is 3. The molecule has 1 aliphatic heterocycles. The van der Waals surface area contributed by atoms with Crippen molar-refractivity contribution in [2.45, 2.75) is 68.3 Å². The van der Waals surface area contributed by atoms with Crippen LogP contribution in [0, 0.1) is 0 Å². The average molecular weight is 507 g/mol. The Morgan fingerprint density at radius 1 is 1.11 bits per heavy atom. The van der Waals surface area contributed by atoms with E-state index < -0.39 is 5.41 Å². The first-order chi connectivity index (χ1) is 17.7. The van der Waals surface area contributed by atoms with Crippen molar-refractivity contribution >= 4 is 17.7 Å². The van der Waals surface area contributed by atoms with E-state index in [2.05, 4.69) is 32.2 Å². The van der Waals surface area contributed by atoms with E-state index in [4.69, 9.17) is 9.47 Å². The quantitative estimate of drug-likeness (QED) is 0.401. The van der Waals surface area contributed by atoms with Gasteiger partial charge in [-0.2, -0.15) is 0 Å². The Morgan fingerprint density at radius 3 is 2.58 bits per heavy atom. The Bertz CT molecular complexity index is 1140. The summed E-state index contributed by atoms with van der Waals surface area (Å²) in [7, 11) is 1.66. The van der Waals surface area contributed by atoms with E-state index in [-0.39, 0.29) is 12.0 Å². The normalized spacial score (nSPS) is 18.9. The molecule has 1 aromatic heterocycles. The zero-order chi connectivity index (χ0) is 24.8. The molecule has 1 aliphatic carbocycles. The molecule has 190 valence electrons. The summed E-state index contributed by atoms with van der Waals surface area (Å²) in [5, 5.41) is 13.1. The van der Waals surface area contributed by atoms with Gasteiger partial charge < -0.3 is 19.4 Å². The van der Waals surface area contributed by atoms with Gasteiger partial charge in [0.2, 0.25) is 5.91 Å². The minimum atomic E-state index is -0.506. The fraction of sp³-hybridized carbons (Fsp3) is 0.464. The van der Waals surface area contributed by atoms with Gasteiger partial charge in [-0.05, 0) is 48.9 Å². The molecule has 2 heterocycles. The molecule has 2 fully saturated rings. The second-order valence-corrected chi connectivity index (χ2v) is 10.6. The second kappa shape index (κ2) is 11.5. The monoisotopic (exact) mass is 506 g/mol. The number of nitrogens with one attached hydrogen (secondary N) is 1. The number of benzene rings is 2. The van der Waals surface area contributed by atoms with Gasteiger partial charge in [0, 0.05) is 12.4 Å². The zero-order valence-corrected chi connectivity index (χ0v) is 21.6. The molecule has 5 rings (SSSR count). The van der Waals surface area contributed by atoms with Crippen molar-refractivity contribution in [1.82, 2.24) is 20.1 Å². The van der Waals surface area contributed by atoms with Crippen LogP contribution in [0.4, 0.5) is 0 Å². The highest BCUT2D eigenvalue weighted by molar-refractivity contribution is 7.99. The molecular formula is C28H34N4O3S. The van der Waals surface area contributed by atoms with Gasteiger partial charge in [-0.1, -0.05) is 67.1 Å². The van der Waals surface area contributed by atoms with E-state index in [9.17, 15) is 4.79 Å². The van der Waals surface area contributed by atoms with E-state index in [1.807, 2.05) is 42.5 Å². The van der Waals surface area contributed by atoms with Gasteiger partial charge in [-0.25, -0.2) is 0 Å². The van der Waals surface area contributed by atoms with Crippen LogP contribution in [0.15, 0.2) is 59.8 Å². The van der Waals surface area contributed by atoms with E-state index in [1.165, 1.54) is 5.56 Å². The lowest BCUT2D eigenvalue weighted by Crippen LogP contribution is -2.42. The van der Waals surface area contributed by atoms with Crippen LogP contribution in [0.2, 0.25) is 0 Å². The molecule has 1 saturated carbocycles. The molecule has 0 bridgehead atoms. The molecule has 3 aromatic rings. The number of carbonyl (C=O) groups excluding carboxylic acids is 1. The van der Waals surface area contributed by atoms with Crippen LogP contribution in [0.3, 0.4) is 0 Å². The SMILES string of the molecule is COc1ccc(C2(C(=O)NCc3nnc(SC[C@@H]4CCCO4)n3Cc3ccccc3)CCCC2)cc1. The number of ether oxygens (including phenoxy) is 2.